The maximum atomic E-state index is 12.6. The Balaban J connectivity index is 1.51. The Morgan fingerprint density at radius 2 is 1.73 bits per heavy atom. The number of carbonyl (C=O) groups is 2. The van der Waals surface area contributed by atoms with E-state index in [0.29, 0.717) is 37.4 Å². The molecular weight excluding hydrogens is 468 g/mol. The van der Waals surface area contributed by atoms with Crippen molar-refractivity contribution in [3.8, 4) is 17.2 Å². The highest BCUT2D eigenvalue weighted by molar-refractivity contribution is 5.73. The van der Waals surface area contributed by atoms with Crippen LogP contribution in [0.4, 0.5) is 0 Å². The Kier molecular flexibility index (Phi) is 12.3. The van der Waals surface area contributed by atoms with Crippen molar-refractivity contribution in [3.63, 3.8) is 0 Å². The lowest BCUT2D eigenvalue weighted by molar-refractivity contribution is -0.150. The Morgan fingerprint density at radius 3 is 2.49 bits per heavy atom. The molecule has 0 saturated carbocycles. The normalized spacial score (nSPS) is 16.6. The number of unbranched alkanes of at least 4 members (excludes halogenated alkanes) is 2. The van der Waals surface area contributed by atoms with Crippen molar-refractivity contribution in [1.82, 2.24) is 0 Å². The van der Waals surface area contributed by atoms with Gasteiger partial charge in [0.15, 0.2) is 11.5 Å². The largest absolute Gasteiger partial charge is 0.494 e. The minimum atomic E-state index is -0.329. The summed E-state index contributed by atoms with van der Waals surface area (Å²) in [6.07, 6.45) is 9.32. The van der Waals surface area contributed by atoms with E-state index in [4.69, 9.17) is 18.9 Å². The van der Waals surface area contributed by atoms with Crippen LogP contribution in [0, 0.1) is 0 Å². The van der Waals surface area contributed by atoms with E-state index in [1.54, 1.807) is 6.07 Å². The molecule has 2 heterocycles. The number of hydrogen-bond donors (Lipinski definition) is 0. The van der Waals surface area contributed by atoms with E-state index in [1.165, 1.54) is 0 Å². The van der Waals surface area contributed by atoms with Gasteiger partial charge in [-0.05, 0) is 74.8 Å². The molecule has 37 heavy (non-hydrogen) atoms. The first-order valence-corrected chi connectivity index (χ1v) is 14.0. The molecule has 0 radical (unpaired) electrons. The molecule has 0 aromatic heterocycles. The maximum Gasteiger partial charge on any atom is 0.311 e. The minimum absolute atomic E-state index is 0.124. The highest BCUT2D eigenvalue weighted by Gasteiger charge is 2.19. The number of esters is 2. The van der Waals surface area contributed by atoms with E-state index >= 15 is 0 Å². The van der Waals surface area contributed by atoms with Gasteiger partial charge in [0.05, 0.1) is 12.7 Å². The number of benzene rings is 2. The van der Waals surface area contributed by atoms with E-state index in [-0.39, 0.29) is 30.6 Å². The smallest absolute Gasteiger partial charge is 0.311 e. The lowest BCUT2D eigenvalue weighted by Crippen LogP contribution is -2.17. The molecule has 2 aliphatic heterocycles. The molecule has 6 heteroatoms. The van der Waals surface area contributed by atoms with Crippen LogP contribution in [0.1, 0.15) is 103 Å². The van der Waals surface area contributed by atoms with Crippen LogP contribution in [0.25, 0.3) is 0 Å². The van der Waals surface area contributed by atoms with Crippen LogP contribution >= 0.6 is 0 Å². The van der Waals surface area contributed by atoms with Crippen LogP contribution in [0.5, 0.6) is 17.2 Å². The Labute approximate surface area is 221 Å². The molecule has 0 saturated heterocycles. The predicted octanol–water partition coefficient (Wildman–Crippen LogP) is 7.74. The average molecular weight is 511 g/mol. The fourth-order valence-electron chi connectivity index (χ4n) is 4.45. The topological polar surface area (TPSA) is 71.1 Å². The Hall–Kier alpha value is -3.02. The maximum absolute atomic E-state index is 12.6. The van der Waals surface area contributed by atoms with Crippen molar-refractivity contribution in [3.05, 3.63) is 54.1 Å². The molecule has 0 fully saturated rings. The van der Waals surface area contributed by atoms with Crippen LogP contribution < -0.4 is 14.2 Å². The number of carbonyl (C=O) groups excluding carboxylic acids is 2. The third-order valence-corrected chi connectivity index (χ3v) is 6.52. The molecule has 0 aliphatic carbocycles. The zero-order chi connectivity index (χ0) is 26.3. The molecule has 202 valence electrons. The number of ether oxygens (including phenoxy) is 4. The quantitative estimate of drug-likeness (QED) is 0.156. The van der Waals surface area contributed by atoms with E-state index < -0.39 is 0 Å². The molecule has 0 amide bonds. The van der Waals surface area contributed by atoms with Gasteiger partial charge in [0.1, 0.15) is 11.9 Å². The molecule has 2 aromatic carbocycles. The molecule has 2 aromatic rings. The van der Waals surface area contributed by atoms with E-state index in [0.717, 1.165) is 62.7 Å². The van der Waals surface area contributed by atoms with Gasteiger partial charge in [-0.1, -0.05) is 57.4 Å². The SMILES string of the molecule is CCCCC(CCC)Oc1ccccc1OC(=O)CCCC[C@@H]1OC(=O)CCCCOc2ccc1cc2. The fourth-order valence-corrected chi connectivity index (χ4v) is 4.45. The number of rotatable bonds is 13. The second-order valence-corrected chi connectivity index (χ2v) is 9.69. The van der Waals surface area contributed by atoms with Crippen molar-refractivity contribution >= 4 is 11.9 Å². The molecule has 6 nitrogen and oxygen atoms in total. The zero-order valence-corrected chi connectivity index (χ0v) is 22.4. The Bertz CT molecular complexity index is 954. The predicted molar refractivity (Wildman–Crippen MR) is 144 cm³/mol. The Morgan fingerprint density at radius 1 is 0.946 bits per heavy atom. The third kappa shape index (κ3) is 10.1. The first kappa shape index (κ1) is 28.5. The van der Waals surface area contributed by atoms with Crippen molar-refractivity contribution in [2.75, 3.05) is 6.61 Å². The number of hydrogen-bond acceptors (Lipinski definition) is 6. The molecule has 4 rings (SSSR count). The summed E-state index contributed by atoms with van der Waals surface area (Å²) in [5.41, 5.74) is 0.944. The first-order chi connectivity index (χ1) is 18.1. The van der Waals surface area contributed by atoms with Crippen molar-refractivity contribution < 1.29 is 28.5 Å². The summed E-state index contributed by atoms with van der Waals surface area (Å²) < 4.78 is 23.4. The molecule has 0 spiro atoms. The second kappa shape index (κ2) is 16.0. The van der Waals surface area contributed by atoms with Crippen LogP contribution in [-0.4, -0.2) is 24.6 Å². The van der Waals surface area contributed by atoms with Gasteiger partial charge in [-0.3, -0.25) is 9.59 Å². The highest BCUT2D eigenvalue weighted by atomic mass is 16.6. The third-order valence-electron chi connectivity index (χ3n) is 6.52. The van der Waals surface area contributed by atoms with Gasteiger partial charge in [0.25, 0.3) is 0 Å². The molecule has 2 atom stereocenters. The average Bonchev–Trinajstić information content (AvgIpc) is 2.89. The summed E-state index contributed by atoms with van der Waals surface area (Å²) in [6.45, 7) is 4.93. The zero-order valence-electron chi connectivity index (χ0n) is 22.4. The standard InChI is InChI=1S/C31H42O6/c1-3-5-13-26(12-4-2)35-28-15-6-7-16-29(28)37-31(33)17-9-8-14-27-24-19-21-25(22-20-24)34-23-11-10-18-30(32)36-27/h6-7,15-16,19-22,26-27H,3-5,8-14,17-18,23H2,1-2H3/t26?,27-/m0/s1. The molecular formula is C31H42O6. The number of fused-ring (bicyclic) bond motifs is 9. The van der Waals surface area contributed by atoms with E-state index in [2.05, 4.69) is 13.8 Å². The van der Waals surface area contributed by atoms with Gasteiger partial charge in [-0.25, -0.2) is 0 Å². The van der Waals surface area contributed by atoms with Gasteiger partial charge in [-0.15, -0.1) is 0 Å². The summed E-state index contributed by atoms with van der Waals surface area (Å²) in [5, 5.41) is 0. The van der Waals surface area contributed by atoms with Crippen molar-refractivity contribution in [2.45, 2.75) is 103 Å². The molecule has 2 bridgehead atoms. The summed E-state index contributed by atoms with van der Waals surface area (Å²) in [4.78, 5) is 24.9. The minimum Gasteiger partial charge on any atom is -0.494 e. The van der Waals surface area contributed by atoms with Crippen LogP contribution in [-0.2, 0) is 14.3 Å². The second-order valence-electron chi connectivity index (χ2n) is 9.69. The monoisotopic (exact) mass is 510 g/mol. The van der Waals surface area contributed by atoms with Crippen LogP contribution in [0.2, 0.25) is 0 Å². The van der Waals surface area contributed by atoms with Crippen molar-refractivity contribution in [2.24, 2.45) is 0 Å². The van der Waals surface area contributed by atoms with Crippen LogP contribution in [0.15, 0.2) is 48.5 Å². The van der Waals surface area contributed by atoms with E-state index in [9.17, 15) is 9.59 Å². The van der Waals surface area contributed by atoms with Gasteiger partial charge < -0.3 is 18.9 Å². The first-order valence-electron chi connectivity index (χ1n) is 14.0. The van der Waals surface area contributed by atoms with Gasteiger partial charge >= 0.3 is 11.9 Å². The van der Waals surface area contributed by atoms with Crippen molar-refractivity contribution in [1.29, 1.82) is 0 Å². The van der Waals surface area contributed by atoms with Gasteiger partial charge in [-0.2, -0.15) is 0 Å². The summed E-state index contributed by atoms with van der Waals surface area (Å²) >= 11 is 0. The fraction of sp³-hybridized carbons (Fsp3) is 0.548. The van der Waals surface area contributed by atoms with E-state index in [1.807, 2.05) is 42.5 Å². The lowest BCUT2D eigenvalue weighted by Gasteiger charge is -2.20. The van der Waals surface area contributed by atoms with Gasteiger partial charge in [0, 0.05) is 12.8 Å². The number of para-hydroxylation sites is 2. The summed E-state index contributed by atoms with van der Waals surface area (Å²) in [7, 11) is 0. The highest BCUT2D eigenvalue weighted by Crippen LogP contribution is 2.31. The molecule has 1 unspecified atom stereocenters. The van der Waals surface area contributed by atoms with Crippen LogP contribution in [0.3, 0.4) is 0 Å². The molecule has 0 N–H and O–H groups in total. The lowest BCUT2D eigenvalue weighted by atomic mass is 10.0. The molecule has 2 aliphatic rings. The van der Waals surface area contributed by atoms with Gasteiger partial charge in [0.2, 0.25) is 0 Å². The summed E-state index contributed by atoms with van der Waals surface area (Å²) in [5.74, 6) is 1.45. The summed E-state index contributed by atoms with van der Waals surface area (Å²) in [6, 6.07) is 15.1.